The van der Waals surface area contributed by atoms with E-state index in [4.69, 9.17) is 9.47 Å². The van der Waals surface area contributed by atoms with Crippen LogP contribution in [-0.4, -0.2) is 87.5 Å². The topological polar surface area (TPSA) is 149 Å². The van der Waals surface area contributed by atoms with Crippen molar-refractivity contribution in [3.05, 3.63) is 72.9 Å². The van der Waals surface area contributed by atoms with E-state index in [9.17, 15) is 30.3 Å². The van der Waals surface area contributed by atoms with Gasteiger partial charge in [0.1, 0.15) is 24.4 Å². The van der Waals surface area contributed by atoms with E-state index in [1.807, 2.05) is 6.08 Å². The summed E-state index contributed by atoms with van der Waals surface area (Å²) in [5, 5.41) is 54.7. The predicted molar refractivity (Wildman–Crippen MR) is 318 cm³/mol. The number of aliphatic hydroxyl groups is 5. The van der Waals surface area contributed by atoms with Crippen LogP contribution in [0.25, 0.3) is 0 Å². The third kappa shape index (κ3) is 44.2. The lowest BCUT2D eigenvalue weighted by Gasteiger charge is -2.40. The minimum Gasteiger partial charge on any atom is -0.394 e. The Labute approximate surface area is 461 Å². The van der Waals surface area contributed by atoms with Crippen molar-refractivity contribution in [1.29, 1.82) is 0 Å². The Morgan fingerprint density at radius 1 is 0.467 bits per heavy atom. The number of amides is 1. The Morgan fingerprint density at radius 2 is 0.827 bits per heavy atom. The van der Waals surface area contributed by atoms with Gasteiger partial charge in [0.05, 0.1) is 25.4 Å². The lowest BCUT2D eigenvalue weighted by Crippen LogP contribution is -2.60. The van der Waals surface area contributed by atoms with Crippen LogP contribution in [0.2, 0.25) is 0 Å². The number of carbonyl (C=O) groups excluding carboxylic acids is 1. The summed E-state index contributed by atoms with van der Waals surface area (Å²) < 4.78 is 11.3. The molecule has 7 atom stereocenters. The van der Waals surface area contributed by atoms with Gasteiger partial charge in [0.15, 0.2) is 6.29 Å². The fourth-order valence-corrected chi connectivity index (χ4v) is 9.83. The minimum atomic E-state index is -1.57. The standard InChI is InChI=1S/C66H119NO8/c1-3-5-7-9-11-13-15-17-19-21-23-25-27-28-29-30-31-32-34-36-38-40-42-44-46-48-50-52-54-56-62(70)67-59(58-74-66-65(73)64(72)63(71)61(57-68)75-66)60(69)55-53-51-49-47-45-43-41-39-37-35-33-26-24-22-20-18-16-14-12-10-8-6-4-2/h5,7,11,13,17,19,23,25,28-29,53,55,59-61,63-66,68-69,71-73H,3-4,6,8-10,12,14-16,18,20-22,24,26-27,30-52,54,56-58H2,1-2H3,(H,67,70)/b7-5-,13-11-,19-17-,25-23-,29-28-,55-53+. The number of aliphatic hydroxyl groups excluding tert-OH is 5. The molecule has 1 saturated heterocycles. The maximum absolute atomic E-state index is 13.1. The Morgan fingerprint density at radius 3 is 1.23 bits per heavy atom. The number of hydrogen-bond acceptors (Lipinski definition) is 8. The molecule has 1 fully saturated rings. The number of allylic oxidation sites excluding steroid dienone is 11. The molecule has 0 radical (unpaired) electrons. The lowest BCUT2D eigenvalue weighted by atomic mass is 9.99. The first-order chi connectivity index (χ1) is 36.8. The molecule has 436 valence electrons. The minimum absolute atomic E-state index is 0.177. The van der Waals surface area contributed by atoms with Gasteiger partial charge >= 0.3 is 0 Å². The zero-order valence-electron chi connectivity index (χ0n) is 48.5. The second-order valence-corrected chi connectivity index (χ2v) is 21.8. The summed E-state index contributed by atoms with van der Waals surface area (Å²) in [6.45, 7) is 3.69. The summed E-state index contributed by atoms with van der Waals surface area (Å²) in [7, 11) is 0. The van der Waals surface area contributed by atoms with Crippen molar-refractivity contribution in [2.24, 2.45) is 0 Å². The average Bonchev–Trinajstić information content (AvgIpc) is 3.41. The number of unbranched alkanes of at least 4 members (excludes halogenated alkanes) is 34. The van der Waals surface area contributed by atoms with Gasteiger partial charge in [0.25, 0.3) is 0 Å². The van der Waals surface area contributed by atoms with Gasteiger partial charge in [-0.25, -0.2) is 0 Å². The molecular weight excluding hydrogens is 935 g/mol. The van der Waals surface area contributed by atoms with Crippen LogP contribution in [0.3, 0.4) is 0 Å². The molecule has 75 heavy (non-hydrogen) atoms. The second-order valence-electron chi connectivity index (χ2n) is 21.8. The molecule has 0 aliphatic carbocycles. The van der Waals surface area contributed by atoms with Crippen molar-refractivity contribution in [3.8, 4) is 0 Å². The molecule has 9 heteroatoms. The van der Waals surface area contributed by atoms with Gasteiger partial charge in [-0.3, -0.25) is 4.79 Å². The molecule has 7 unspecified atom stereocenters. The van der Waals surface area contributed by atoms with E-state index < -0.39 is 49.5 Å². The molecule has 1 rings (SSSR count). The first-order valence-corrected chi connectivity index (χ1v) is 31.7. The number of nitrogens with one attached hydrogen (secondary N) is 1. The van der Waals surface area contributed by atoms with E-state index in [2.05, 4.69) is 79.9 Å². The molecule has 9 nitrogen and oxygen atoms in total. The van der Waals surface area contributed by atoms with Crippen LogP contribution in [-0.2, 0) is 14.3 Å². The normalized spacial score (nSPS) is 19.4. The number of carbonyl (C=O) groups is 1. The smallest absolute Gasteiger partial charge is 0.220 e. The Bertz CT molecular complexity index is 1410. The van der Waals surface area contributed by atoms with Gasteiger partial charge in [-0.15, -0.1) is 0 Å². The molecule has 0 saturated carbocycles. The summed E-state index contributed by atoms with van der Waals surface area (Å²) in [6, 6.07) is -0.810. The van der Waals surface area contributed by atoms with Crippen molar-refractivity contribution >= 4 is 5.91 Å². The maximum Gasteiger partial charge on any atom is 0.220 e. The lowest BCUT2D eigenvalue weighted by molar-refractivity contribution is -0.302. The van der Waals surface area contributed by atoms with E-state index in [1.54, 1.807) is 6.08 Å². The van der Waals surface area contributed by atoms with Crippen molar-refractivity contribution < 1.29 is 39.8 Å². The van der Waals surface area contributed by atoms with Gasteiger partial charge in [0, 0.05) is 6.42 Å². The molecule has 0 aromatic heterocycles. The van der Waals surface area contributed by atoms with Crippen LogP contribution in [0.1, 0.15) is 284 Å². The first-order valence-electron chi connectivity index (χ1n) is 31.7. The van der Waals surface area contributed by atoms with Crippen LogP contribution in [0, 0.1) is 0 Å². The molecule has 1 heterocycles. The molecule has 0 aromatic carbocycles. The summed E-state index contributed by atoms with van der Waals surface area (Å²) in [4.78, 5) is 13.1. The highest BCUT2D eigenvalue weighted by Crippen LogP contribution is 2.23. The largest absolute Gasteiger partial charge is 0.394 e. The van der Waals surface area contributed by atoms with Crippen LogP contribution in [0.15, 0.2) is 72.9 Å². The summed E-state index contributed by atoms with van der Waals surface area (Å²) in [5.74, 6) is -0.177. The van der Waals surface area contributed by atoms with Crippen molar-refractivity contribution in [1.82, 2.24) is 5.32 Å². The fraction of sp³-hybridized carbons (Fsp3) is 0.803. The summed E-state index contributed by atoms with van der Waals surface area (Å²) in [5.41, 5.74) is 0. The second kappa shape index (κ2) is 55.0. The molecule has 6 N–H and O–H groups in total. The number of hydrogen-bond donors (Lipinski definition) is 6. The Kier molecular flexibility index (Phi) is 51.8. The van der Waals surface area contributed by atoms with E-state index in [0.29, 0.717) is 6.42 Å². The predicted octanol–water partition coefficient (Wildman–Crippen LogP) is 16.4. The molecule has 0 aromatic rings. The Balaban J connectivity index is 2.18. The molecule has 0 bridgehead atoms. The molecular formula is C66H119NO8. The van der Waals surface area contributed by atoms with Crippen molar-refractivity contribution in [2.45, 2.75) is 326 Å². The van der Waals surface area contributed by atoms with E-state index in [0.717, 1.165) is 70.6 Å². The molecule has 0 spiro atoms. The van der Waals surface area contributed by atoms with Crippen LogP contribution < -0.4 is 5.32 Å². The molecule has 1 aliphatic heterocycles. The fourth-order valence-electron chi connectivity index (χ4n) is 9.83. The third-order valence-corrected chi connectivity index (χ3v) is 14.8. The van der Waals surface area contributed by atoms with Gasteiger partial charge in [-0.1, -0.05) is 286 Å². The van der Waals surface area contributed by atoms with Gasteiger partial charge in [0.2, 0.25) is 5.91 Å². The highest BCUT2D eigenvalue weighted by atomic mass is 16.7. The average molecular weight is 1050 g/mol. The van der Waals surface area contributed by atoms with Crippen LogP contribution >= 0.6 is 0 Å². The van der Waals surface area contributed by atoms with Crippen molar-refractivity contribution in [3.63, 3.8) is 0 Å². The summed E-state index contributed by atoms with van der Waals surface area (Å²) in [6.07, 6.45) is 69.7. The zero-order chi connectivity index (χ0) is 54.3. The zero-order valence-corrected chi connectivity index (χ0v) is 48.5. The van der Waals surface area contributed by atoms with E-state index in [-0.39, 0.29) is 12.5 Å². The van der Waals surface area contributed by atoms with Crippen LogP contribution in [0.4, 0.5) is 0 Å². The highest BCUT2D eigenvalue weighted by molar-refractivity contribution is 5.76. The number of ether oxygens (including phenoxy) is 2. The summed E-state index contributed by atoms with van der Waals surface area (Å²) >= 11 is 0. The first kappa shape index (κ1) is 70.6. The van der Waals surface area contributed by atoms with Gasteiger partial charge in [-0.2, -0.15) is 0 Å². The third-order valence-electron chi connectivity index (χ3n) is 14.8. The monoisotopic (exact) mass is 1050 g/mol. The quantitative estimate of drug-likeness (QED) is 0.0261. The van der Waals surface area contributed by atoms with E-state index in [1.165, 1.54) is 193 Å². The van der Waals surface area contributed by atoms with Gasteiger partial charge in [-0.05, 0) is 64.2 Å². The van der Waals surface area contributed by atoms with Gasteiger partial charge < -0.3 is 40.3 Å². The highest BCUT2D eigenvalue weighted by Gasteiger charge is 2.44. The molecule has 1 aliphatic rings. The number of rotatable bonds is 54. The van der Waals surface area contributed by atoms with E-state index >= 15 is 0 Å². The Hall–Kier alpha value is -2.37. The maximum atomic E-state index is 13.1. The van der Waals surface area contributed by atoms with Crippen molar-refractivity contribution in [2.75, 3.05) is 13.2 Å². The molecule has 1 amide bonds. The SMILES string of the molecule is CC/C=C\C/C=C\C/C=C\C/C=C\C/C=C\CCCCCCCCCCCCCCCC(=O)NC(COC1OC(CO)C(O)C(O)C1O)C(O)/C=C/CCCCCCCCCCCCCCCCCCCCCCC. The van der Waals surface area contributed by atoms with Crippen LogP contribution in [0.5, 0.6) is 0 Å².